The minimum absolute atomic E-state index is 0.269. The van der Waals surface area contributed by atoms with E-state index in [9.17, 15) is 4.39 Å². The molecule has 2 aromatic carbocycles. The Hall–Kier alpha value is -3.10. The van der Waals surface area contributed by atoms with Crippen LogP contribution in [0.25, 0.3) is 0 Å². The van der Waals surface area contributed by atoms with Crippen molar-refractivity contribution in [1.82, 2.24) is 14.5 Å². The van der Waals surface area contributed by atoms with Gasteiger partial charge < -0.3 is 23.5 Å². The standard InChI is InChI=1S/C29H38FN3O4/c1-4-28-31-14-17-33(28)18-19-36-26-11-10-23(20-27(26)34-2)21-32-15-7-12-29(35-3,13-16-32)22-37-25-9-6-5-8-24(25)30/h5-6,8-11,14,17,20H,4,7,12-13,15-16,18-19,21-22H2,1-3H3/t29-/m1/s1. The lowest BCUT2D eigenvalue weighted by Gasteiger charge is -2.31. The maximum Gasteiger partial charge on any atom is 0.165 e. The highest BCUT2D eigenvalue weighted by molar-refractivity contribution is 5.43. The van der Waals surface area contributed by atoms with Gasteiger partial charge in [0.05, 0.1) is 13.7 Å². The number of methoxy groups -OCH3 is 2. The molecule has 0 radical (unpaired) electrons. The average Bonchev–Trinajstić information content (AvgIpc) is 3.28. The second kappa shape index (κ2) is 12.9. The van der Waals surface area contributed by atoms with Crippen LogP contribution in [-0.2, 0) is 24.2 Å². The van der Waals surface area contributed by atoms with E-state index in [4.69, 9.17) is 18.9 Å². The molecule has 37 heavy (non-hydrogen) atoms. The van der Waals surface area contributed by atoms with E-state index in [-0.39, 0.29) is 11.6 Å². The van der Waals surface area contributed by atoms with Crippen LogP contribution in [0, 0.1) is 5.82 Å². The van der Waals surface area contributed by atoms with Gasteiger partial charge in [0.2, 0.25) is 0 Å². The van der Waals surface area contributed by atoms with Crippen molar-refractivity contribution in [1.29, 1.82) is 0 Å². The highest BCUT2D eigenvalue weighted by Gasteiger charge is 2.34. The molecule has 7 nitrogen and oxygen atoms in total. The summed E-state index contributed by atoms with van der Waals surface area (Å²) in [5, 5.41) is 0. The van der Waals surface area contributed by atoms with Crippen LogP contribution < -0.4 is 14.2 Å². The molecule has 1 saturated heterocycles. The van der Waals surface area contributed by atoms with Crippen molar-refractivity contribution in [3.05, 3.63) is 72.1 Å². The van der Waals surface area contributed by atoms with E-state index in [1.165, 1.54) is 11.6 Å². The fraction of sp³-hybridized carbons (Fsp3) is 0.483. The first kappa shape index (κ1) is 26.9. The molecule has 0 saturated carbocycles. The molecule has 0 spiro atoms. The fourth-order valence-electron chi connectivity index (χ4n) is 4.86. The summed E-state index contributed by atoms with van der Waals surface area (Å²) in [5.74, 6) is 2.45. The first-order chi connectivity index (χ1) is 18.1. The van der Waals surface area contributed by atoms with Gasteiger partial charge in [0.15, 0.2) is 23.1 Å². The Bertz CT molecular complexity index is 1140. The zero-order chi connectivity index (χ0) is 26.1. The number of aromatic nitrogens is 2. The molecule has 2 heterocycles. The van der Waals surface area contributed by atoms with Gasteiger partial charge in [-0.2, -0.15) is 0 Å². The number of hydrogen-bond donors (Lipinski definition) is 0. The Morgan fingerprint density at radius 2 is 1.86 bits per heavy atom. The minimum atomic E-state index is -0.431. The Labute approximate surface area is 219 Å². The summed E-state index contributed by atoms with van der Waals surface area (Å²) in [6.45, 7) is 6.33. The molecule has 0 N–H and O–H groups in total. The van der Waals surface area contributed by atoms with Crippen LogP contribution in [0.5, 0.6) is 17.2 Å². The third-order valence-electron chi connectivity index (χ3n) is 7.09. The lowest BCUT2D eigenvalue weighted by molar-refractivity contribution is -0.0548. The molecule has 4 rings (SSSR count). The van der Waals surface area contributed by atoms with E-state index >= 15 is 0 Å². The predicted molar refractivity (Wildman–Crippen MR) is 141 cm³/mol. The molecule has 1 fully saturated rings. The van der Waals surface area contributed by atoms with Gasteiger partial charge in [-0.1, -0.05) is 25.1 Å². The van der Waals surface area contributed by atoms with Crippen LogP contribution in [0.4, 0.5) is 4.39 Å². The number of nitrogens with zero attached hydrogens (tertiary/aromatic N) is 3. The van der Waals surface area contributed by atoms with Crippen LogP contribution in [-0.4, -0.2) is 60.6 Å². The van der Waals surface area contributed by atoms with Crippen LogP contribution in [0.1, 0.15) is 37.6 Å². The van der Waals surface area contributed by atoms with E-state index < -0.39 is 5.60 Å². The molecule has 1 atom stereocenters. The van der Waals surface area contributed by atoms with Gasteiger partial charge in [0, 0.05) is 39.0 Å². The van der Waals surface area contributed by atoms with E-state index in [0.29, 0.717) is 13.2 Å². The van der Waals surface area contributed by atoms with Crippen molar-refractivity contribution in [3.63, 3.8) is 0 Å². The zero-order valence-electron chi connectivity index (χ0n) is 22.1. The third kappa shape index (κ3) is 7.02. The topological polar surface area (TPSA) is 58.0 Å². The Balaban J connectivity index is 1.32. The molecular formula is C29H38FN3O4. The number of benzene rings is 2. The minimum Gasteiger partial charge on any atom is -0.493 e. The number of aryl methyl sites for hydroxylation is 1. The number of likely N-dealkylation sites (tertiary alicyclic amines) is 1. The molecule has 200 valence electrons. The molecule has 3 aromatic rings. The van der Waals surface area contributed by atoms with Gasteiger partial charge in [-0.3, -0.25) is 4.90 Å². The summed E-state index contributed by atoms with van der Waals surface area (Å²) < 4.78 is 39.6. The molecular weight excluding hydrogens is 473 g/mol. The lowest BCUT2D eigenvalue weighted by atomic mass is 9.95. The van der Waals surface area contributed by atoms with Gasteiger partial charge >= 0.3 is 0 Å². The van der Waals surface area contributed by atoms with E-state index in [2.05, 4.69) is 33.5 Å². The smallest absolute Gasteiger partial charge is 0.165 e. The molecule has 8 heteroatoms. The number of para-hydroxylation sites is 1. The molecule has 1 aliphatic rings. The van der Waals surface area contributed by atoms with E-state index in [0.717, 1.165) is 69.2 Å². The normalized spacial score (nSPS) is 18.4. The summed E-state index contributed by atoms with van der Waals surface area (Å²) in [6.07, 6.45) is 7.34. The van der Waals surface area contributed by atoms with Crippen LogP contribution in [0.15, 0.2) is 54.9 Å². The summed E-state index contributed by atoms with van der Waals surface area (Å²) >= 11 is 0. The van der Waals surface area contributed by atoms with Gasteiger partial charge in [0.1, 0.15) is 24.6 Å². The predicted octanol–water partition coefficient (Wildman–Crippen LogP) is 5.12. The fourth-order valence-corrected chi connectivity index (χ4v) is 4.86. The summed E-state index contributed by atoms with van der Waals surface area (Å²) in [6, 6.07) is 12.7. The van der Waals surface area contributed by atoms with Crippen molar-refractivity contribution in [2.45, 2.75) is 51.3 Å². The lowest BCUT2D eigenvalue weighted by Crippen LogP contribution is -2.39. The SMILES string of the molecule is CCc1nccn1CCOc1ccc(CN2CCC[C@@](COc3ccccc3F)(OC)CC2)cc1OC. The monoisotopic (exact) mass is 511 g/mol. The summed E-state index contributed by atoms with van der Waals surface area (Å²) in [7, 11) is 3.39. The van der Waals surface area contributed by atoms with Gasteiger partial charge in [-0.15, -0.1) is 0 Å². The second-order valence-corrected chi connectivity index (χ2v) is 9.46. The zero-order valence-corrected chi connectivity index (χ0v) is 22.1. The number of halogens is 1. The van der Waals surface area contributed by atoms with Crippen LogP contribution in [0.2, 0.25) is 0 Å². The molecule has 1 aromatic heterocycles. The molecule has 0 aliphatic carbocycles. The average molecular weight is 512 g/mol. The highest BCUT2D eigenvalue weighted by atomic mass is 19.1. The Morgan fingerprint density at radius 3 is 2.65 bits per heavy atom. The van der Waals surface area contributed by atoms with Gasteiger partial charge in [0.25, 0.3) is 0 Å². The Kier molecular flexibility index (Phi) is 9.41. The quantitative estimate of drug-likeness (QED) is 0.336. The van der Waals surface area contributed by atoms with Crippen molar-refractivity contribution >= 4 is 0 Å². The van der Waals surface area contributed by atoms with E-state index in [1.807, 2.05) is 18.5 Å². The molecule has 0 bridgehead atoms. The maximum atomic E-state index is 14.0. The maximum absolute atomic E-state index is 14.0. The second-order valence-electron chi connectivity index (χ2n) is 9.46. The van der Waals surface area contributed by atoms with Gasteiger partial charge in [-0.25, -0.2) is 9.37 Å². The summed E-state index contributed by atoms with van der Waals surface area (Å²) in [4.78, 5) is 6.78. The van der Waals surface area contributed by atoms with Crippen molar-refractivity contribution in [3.8, 4) is 17.2 Å². The summed E-state index contributed by atoms with van der Waals surface area (Å²) in [5.41, 5.74) is 0.735. The molecule has 0 amide bonds. The van der Waals surface area contributed by atoms with Gasteiger partial charge in [-0.05, 0) is 55.6 Å². The van der Waals surface area contributed by atoms with Crippen molar-refractivity contribution in [2.24, 2.45) is 0 Å². The highest BCUT2D eigenvalue weighted by Crippen LogP contribution is 2.31. The molecule has 1 aliphatic heterocycles. The first-order valence-corrected chi connectivity index (χ1v) is 13.0. The van der Waals surface area contributed by atoms with Crippen LogP contribution >= 0.6 is 0 Å². The van der Waals surface area contributed by atoms with Crippen LogP contribution in [0.3, 0.4) is 0 Å². The number of ether oxygens (including phenoxy) is 4. The largest absolute Gasteiger partial charge is 0.493 e. The molecule has 0 unspecified atom stereocenters. The third-order valence-corrected chi connectivity index (χ3v) is 7.09. The van der Waals surface area contributed by atoms with Crippen molar-refractivity contribution in [2.75, 3.05) is 40.5 Å². The first-order valence-electron chi connectivity index (χ1n) is 13.0. The van der Waals surface area contributed by atoms with Crippen molar-refractivity contribution < 1.29 is 23.3 Å². The number of rotatable bonds is 12. The Morgan fingerprint density at radius 1 is 1.00 bits per heavy atom. The number of hydrogen-bond acceptors (Lipinski definition) is 6. The number of imidazole rings is 1. The van der Waals surface area contributed by atoms with E-state index in [1.54, 1.807) is 32.4 Å².